The Labute approximate surface area is 141 Å². The van der Waals surface area contributed by atoms with E-state index in [-0.39, 0.29) is 12.0 Å². The molecular weight excluding hydrogens is 308 g/mol. The third kappa shape index (κ3) is 3.49. The van der Waals surface area contributed by atoms with Crippen LogP contribution in [0.3, 0.4) is 0 Å². The molecule has 1 fully saturated rings. The van der Waals surface area contributed by atoms with E-state index < -0.39 is 5.60 Å². The summed E-state index contributed by atoms with van der Waals surface area (Å²) in [5.41, 5.74) is -0.346. The van der Waals surface area contributed by atoms with Gasteiger partial charge in [0.15, 0.2) is 5.82 Å². The summed E-state index contributed by atoms with van der Waals surface area (Å²) in [6.07, 6.45) is 3.41. The lowest BCUT2D eigenvalue weighted by Gasteiger charge is -2.37. The maximum absolute atomic E-state index is 11.1. The van der Waals surface area contributed by atoms with E-state index >= 15 is 0 Å². The molecule has 0 unspecified atom stereocenters. The molecule has 0 aromatic carbocycles. The van der Waals surface area contributed by atoms with Crippen LogP contribution in [0.5, 0.6) is 0 Å². The van der Waals surface area contributed by atoms with Crippen molar-refractivity contribution in [2.24, 2.45) is 0 Å². The number of aromatic nitrogens is 5. The van der Waals surface area contributed by atoms with E-state index in [4.69, 9.17) is 4.52 Å². The second kappa shape index (κ2) is 6.60. The van der Waals surface area contributed by atoms with E-state index in [1.807, 2.05) is 33.9 Å². The molecule has 0 amide bonds. The lowest BCUT2D eigenvalue weighted by molar-refractivity contribution is -0.0436. The van der Waals surface area contributed by atoms with Crippen LogP contribution in [0.25, 0.3) is 0 Å². The molecule has 0 saturated carbocycles. The summed E-state index contributed by atoms with van der Waals surface area (Å²) in [5.74, 6) is 1.55. The fourth-order valence-electron chi connectivity index (χ4n) is 2.97. The van der Waals surface area contributed by atoms with Crippen molar-refractivity contribution in [3.05, 3.63) is 23.6 Å². The molecule has 0 bridgehead atoms. The Bertz CT molecular complexity index is 680. The van der Waals surface area contributed by atoms with E-state index in [1.165, 1.54) is 0 Å². The molecule has 1 aliphatic heterocycles. The third-order valence-corrected chi connectivity index (χ3v) is 4.43. The second-order valence-electron chi connectivity index (χ2n) is 7.22. The number of nitrogens with zero attached hydrogens (tertiary/aromatic N) is 6. The Kier molecular flexibility index (Phi) is 4.69. The largest absolute Gasteiger partial charge is 0.382 e. The molecule has 8 nitrogen and oxygen atoms in total. The van der Waals surface area contributed by atoms with Crippen LogP contribution in [0.1, 0.15) is 69.9 Å². The highest BCUT2D eigenvalue weighted by Gasteiger charge is 2.38. The Morgan fingerprint density at radius 2 is 2.12 bits per heavy atom. The van der Waals surface area contributed by atoms with Crippen molar-refractivity contribution in [2.75, 3.05) is 13.1 Å². The maximum atomic E-state index is 11.1. The second-order valence-corrected chi connectivity index (χ2v) is 7.22. The molecule has 0 radical (unpaired) electrons. The van der Waals surface area contributed by atoms with Crippen molar-refractivity contribution >= 4 is 0 Å². The number of aliphatic hydroxyl groups is 1. The van der Waals surface area contributed by atoms with Gasteiger partial charge in [-0.15, -0.1) is 5.10 Å². The Morgan fingerprint density at radius 1 is 1.33 bits per heavy atom. The lowest BCUT2D eigenvalue weighted by atomic mass is 9.90. The minimum atomic E-state index is -0.980. The average molecular weight is 334 g/mol. The van der Waals surface area contributed by atoms with Crippen LogP contribution in [0.15, 0.2) is 10.7 Å². The molecule has 2 aromatic heterocycles. The van der Waals surface area contributed by atoms with Gasteiger partial charge in [0.1, 0.15) is 11.3 Å². The van der Waals surface area contributed by atoms with E-state index in [1.54, 1.807) is 4.68 Å². The van der Waals surface area contributed by atoms with Gasteiger partial charge in [0, 0.05) is 18.5 Å². The highest BCUT2D eigenvalue weighted by molar-refractivity contribution is 5.10. The van der Waals surface area contributed by atoms with E-state index in [2.05, 4.69) is 25.4 Å². The van der Waals surface area contributed by atoms with Gasteiger partial charge in [-0.2, -0.15) is 4.98 Å². The molecule has 1 N–H and O–H groups in total. The van der Waals surface area contributed by atoms with Gasteiger partial charge >= 0.3 is 0 Å². The average Bonchev–Trinajstić information content (AvgIpc) is 3.16. The van der Waals surface area contributed by atoms with Gasteiger partial charge in [0.25, 0.3) is 0 Å². The zero-order valence-electron chi connectivity index (χ0n) is 14.8. The quantitative estimate of drug-likeness (QED) is 0.892. The number of likely N-dealkylation sites (tertiary alicyclic amines) is 1. The first kappa shape index (κ1) is 17.0. The highest BCUT2D eigenvalue weighted by Crippen LogP contribution is 2.31. The Balaban J connectivity index is 1.70. The van der Waals surface area contributed by atoms with Crippen LogP contribution in [0, 0.1) is 0 Å². The van der Waals surface area contributed by atoms with Crippen molar-refractivity contribution in [1.29, 1.82) is 0 Å². The lowest BCUT2D eigenvalue weighted by Crippen LogP contribution is -2.46. The van der Waals surface area contributed by atoms with E-state index in [0.29, 0.717) is 31.1 Å². The minimum absolute atomic E-state index is 0.224. The maximum Gasteiger partial charge on any atom is 0.240 e. The molecule has 1 atom stereocenters. The number of β-amino-alcohol motifs (C(OH)–C–C–N with tert-alkyl or cyclic N) is 1. The predicted octanol–water partition coefficient (Wildman–Crippen LogP) is 1.85. The number of rotatable bonds is 5. The van der Waals surface area contributed by atoms with Gasteiger partial charge in [-0.3, -0.25) is 4.90 Å². The van der Waals surface area contributed by atoms with Crippen molar-refractivity contribution in [3.63, 3.8) is 0 Å². The standard InChI is InChI=1S/C16H26N6O2/c1-11(2)15-17-14(24-19-15)9-21-7-5-6-16(23,10-21)13-8-22(12(3)4)20-18-13/h8,11-12,23H,5-7,9-10H2,1-4H3/t16-/m1/s1. The molecule has 1 aliphatic rings. The molecule has 3 heterocycles. The summed E-state index contributed by atoms with van der Waals surface area (Å²) in [4.78, 5) is 6.55. The number of piperidine rings is 1. The Morgan fingerprint density at radius 3 is 2.75 bits per heavy atom. The van der Waals surface area contributed by atoms with E-state index in [9.17, 15) is 5.11 Å². The summed E-state index contributed by atoms with van der Waals surface area (Å²) < 4.78 is 7.10. The van der Waals surface area contributed by atoms with E-state index in [0.717, 1.165) is 18.8 Å². The first-order valence-electron chi connectivity index (χ1n) is 8.57. The van der Waals surface area contributed by atoms with Gasteiger partial charge < -0.3 is 9.63 Å². The van der Waals surface area contributed by atoms with Crippen molar-refractivity contribution in [1.82, 2.24) is 30.0 Å². The van der Waals surface area contributed by atoms with Crippen molar-refractivity contribution < 1.29 is 9.63 Å². The fraction of sp³-hybridized carbons (Fsp3) is 0.750. The van der Waals surface area contributed by atoms with Crippen LogP contribution >= 0.6 is 0 Å². The van der Waals surface area contributed by atoms with Crippen LogP contribution < -0.4 is 0 Å². The topological polar surface area (TPSA) is 93.1 Å². The molecule has 1 saturated heterocycles. The molecule has 8 heteroatoms. The summed E-state index contributed by atoms with van der Waals surface area (Å²) in [6.45, 7) is 10.1. The smallest absolute Gasteiger partial charge is 0.240 e. The van der Waals surface area contributed by atoms with Gasteiger partial charge in [-0.25, -0.2) is 4.68 Å². The highest BCUT2D eigenvalue weighted by atomic mass is 16.5. The molecular formula is C16H26N6O2. The molecule has 3 rings (SSSR count). The van der Waals surface area contributed by atoms with Crippen LogP contribution in [0.4, 0.5) is 0 Å². The van der Waals surface area contributed by atoms with Crippen LogP contribution in [-0.4, -0.2) is 48.2 Å². The number of hydrogen-bond acceptors (Lipinski definition) is 7. The summed E-state index contributed by atoms with van der Waals surface area (Å²) in [5, 5.41) is 23.4. The summed E-state index contributed by atoms with van der Waals surface area (Å²) in [6, 6.07) is 0.224. The number of hydrogen-bond donors (Lipinski definition) is 1. The first-order valence-corrected chi connectivity index (χ1v) is 8.57. The van der Waals surface area contributed by atoms with Gasteiger partial charge in [0.2, 0.25) is 5.89 Å². The first-order chi connectivity index (χ1) is 11.4. The third-order valence-electron chi connectivity index (χ3n) is 4.43. The van der Waals surface area contributed by atoms with Gasteiger partial charge in [0.05, 0.1) is 12.7 Å². The Hall–Kier alpha value is -1.80. The fourth-order valence-corrected chi connectivity index (χ4v) is 2.97. The van der Waals surface area contributed by atoms with Crippen LogP contribution in [-0.2, 0) is 12.1 Å². The normalized spacial score (nSPS) is 22.6. The zero-order chi connectivity index (χ0) is 17.3. The van der Waals surface area contributed by atoms with Crippen molar-refractivity contribution in [2.45, 2.75) is 64.6 Å². The molecule has 0 spiro atoms. The zero-order valence-corrected chi connectivity index (χ0v) is 14.8. The minimum Gasteiger partial charge on any atom is -0.382 e. The molecule has 24 heavy (non-hydrogen) atoms. The van der Waals surface area contributed by atoms with Gasteiger partial charge in [-0.05, 0) is 33.2 Å². The molecule has 2 aromatic rings. The van der Waals surface area contributed by atoms with Crippen molar-refractivity contribution in [3.8, 4) is 0 Å². The van der Waals surface area contributed by atoms with Crippen LogP contribution in [0.2, 0.25) is 0 Å². The molecule has 132 valence electrons. The predicted molar refractivity (Wildman–Crippen MR) is 87.2 cm³/mol. The summed E-state index contributed by atoms with van der Waals surface area (Å²) in [7, 11) is 0. The monoisotopic (exact) mass is 334 g/mol. The summed E-state index contributed by atoms with van der Waals surface area (Å²) >= 11 is 0. The molecule has 0 aliphatic carbocycles. The SMILES string of the molecule is CC(C)c1noc(CN2CCC[C@](O)(c3cn(C(C)C)nn3)C2)n1. The van der Waals surface area contributed by atoms with Gasteiger partial charge in [-0.1, -0.05) is 24.2 Å².